The molecule has 1 aliphatic carbocycles. The summed E-state index contributed by atoms with van der Waals surface area (Å²) < 4.78 is 0. The predicted molar refractivity (Wildman–Crippen MR) is 71.6 cm³/mol. The zero-order valence-electron chi connectivity index (χ0n) is 11.8. The molecule has 1 rings (SSSR count). The standard InChI is InChI=1S/C14H28N2O/c1-11(15)8-10-16(4)13(17)12-7-5-6-9-14(12,2)3/h11-12H,5-10,15H2,1-4H3. The van der Waals surface area contributed by atoms with Crippen molar-refractivity contribution in [3.63, 3.8) is 0 Å². The molecule has 0 aromatic carbocycles. The molecule has 1 fully saturated rings. The van der Waals surface area contributed by atoms with Gasteiger partial charge in [-0.25, -0.2) is 0 Å². The maximum Gasteiger partial charge on any atom is 0.225 e. The maximum absolute atomic E-state index is 12.4. The van der Waals surface area contributed by atoms with Crippen molar-refractivity contribution in [2.75, 3.05) is 13.6 Å². The van der Waals surface area contributed by atoms with Gasteiger partial charge in [-0.2, -0.15) is 0 Å². The Labute approximate surface area is 106 Å². The SMILES string of the molecule is CC(N)CCN(C)C(=O)C1CCCCC1(C)C. The molecular formula is C14H28N2O. The fraction of sp³-hybridized carbons (Fsp3) is 0.929. The molecule has 2 unspecified atom stereocenters. The number of hydrogen-bond acceptors (Lipinski definition) is 2. The van der Waals surface area contributed by atoms with Gasteiger partial charge in [-0.3, -0.25) is 4.79 Å². The first-order chi connectivity index (χ1) is 7.84. The number of nitrogens with zero attached hydrogens (tertiary/aromatic N) is 1. The Hall–Kier alpha value is -0.570. The minimum absolute atomic E-state index is 0.165. The zero-order valence-corrected chi connectivity index (χ0v) is 11.8. The molecule has 1 saturated carbocycles. The number of carbonyl (C=O) groups is 1. The number of amides is 1. The van der Waals surface area contributed by atoms with E-state index in [2.05, 4.69) is 13.8 Å². The van der Waals surface area contributed by atoms with Crippen LogP contribution in [0.5, 0.6) is 0 Å². The van der Waals surface area contributed by atoms with Crippen LogP contribution in [-0.2, 0) is 4.79 Å². The third kappa shape index (κ3) is 3.98. The molecule has 0 bridgehead atoms. The second kappa shape index (κ2) is 5.85. The highest BCUT2D eigenvalue weighted by Gasteiger charge is 2.38. The summed E-state index contributed by atoms with van der Waals surface area (Å²) in [6.07, 6.45) is 5.57. The molecule has 0 aromatic heterocycles. The molecule has 0 aromatic rings. The summed E-state index contributed by atoms with van der Waals surface area (Å²) in [7, 11) is 1.91. The number of carbonyl (C=O) groups excluding carboxylic acids is 1. The van der Waals surface area contributed by atoms with Crippen molar-refractivity contribution in [2.45, 2.75) is 58.9 Å². The van der Waals surface area contributed by atoms with Crippen LogP contribution in [0.2, 0.25) is 0 Å². The van der Waals surface area contributed by atoms with E-state index in [1.54, 1.807) is 0 Å². The average Bonchev–Trinajstić information content (AvgIpc) is 2.24. The van der Waals surface area contributed by atoms with Crippen molar-refractivity contribution in [1.82, 2.24) is 4.90 Å². The van der Waals surface area contributed by atoms with Crippen LogP contribution in [0.4, 0.5) is 0 Å². The lowest BCUT2D eigenvalue weighted by atomic mass is 9.68. The summed E-state index contributed by atoms with van der Waals surface area (Å²) in [5.41, 5.74) is 5.90. The summed E-state index contributed by atoms with van der Waals surface area (Å²) in [6.45, 7) is 7.23. The number of hydrogen-bond donors (Lipinski definition) is 1. The van der Waals surface area contributed by atoms with Crippen LogP contribution in [0.1, 0.15) is 52.9 Å². The predicted octanol–water partition coefficient (Wildman–Crippen LogP) is 2.40. The maximum atomic E-state index is 12.4. The van der Waals surface area contributed by atoms with Crippen LogP contribution >= 0.6 is 0 Å². The second-order valence-corrected chi connectivity index (χ2v) is 6.31. The van der Waals surface area contributed by atoms with E-state index < -0.39 is 0 Å². The van der Waals surface area contributed by atoms with E-state index >= 15 is 0 Å². The molecule has 17 heavy (non-hydrogen) atoms. The monoisotopic (exact) mass is 240 g/mol. The van der Waals surface area contributed by atoms with Gasteiger partial charge in [0.1, 0.15) is 0 Å². The molecule has 100 valence electrons. The van der Waals surface area contributed by atoms with Gasteiger partial charge in [-0.1, -0.05) is 26.7 Å². The Morgan fingerprint density at radius 2 is 2.12 bits per heavy atom. The van der Waals surface area contributed by atoms with Crippen LogP contribution in [0.15, 0.2) is 0 Å². The van der Waals surface area contributed by atoms with Gasteiger partial charge < -0.3 is 10.6 Å². The Balaban J connectivity index is 2.55. The molecule has 2 atom stereocenters. The lowest BCUT2D eigenvalue weighted by Crippen LogP contribution is -2.43. The molecule has 3 heteroatoms. The van der Waals surface area contributed by atoms with E-state index in [1.165, 1.54) is 19.3 Å². The highest BCUT2D eigenvalue weighted by Crippen LogP contribution is 2.41. The van der Waals surface area contributed by atoms with E-state index in [-0.39, 0.29) is 17.4 Å². The van der Waals surface area contributed by atoms with E-state index in [9.17, 15) is 4.79 Å². The smallest absolute Gasteiger partial charge is 0.225 e. The normalized spacial score (nSPS) is 25.4. The minimum Gasteiger partial charge on any atom is -0.345 e. The van der Waals surface area contributed by atoms with Crippen LogP contribution in [0.3, 0.4) is 0 Å². The largest absolute Gasteiger partial charge is 0.345 e. The fourth-order valence-electron chi connectivity index (χ4n) is 2.73. The van der Waals surface area contributed by atoms with Crippen LogP contribution < -0.4 is 5.73 Å². The highest BCUT2D eigenvalue weighted by atomic mass is 16.2. The lowest BCUT2D eigenvalue weighted by molar-refractivity contribution is -0.139. The zero-order chi connectivity index (χ0) is 13.1. The topological polar surface area (TPSA) is 46.3 Å². The molecule has 2 N–H and O–H groups in total. The molecule has 0 spiro atoms. The second-order valence-electron chi connectivity index (χ2n) is 6.31. The first kappa shape index (κ1) is 14.5. The van der Waals surface area contributed by atoms with Crippen molar-refractivity contribution in [3.05, 3.63) is 0 Å². The summed E-state index contributed by atoms with van der Waals surface area (Å²) in [6, 6.07) is 0.171. The lowest BCUT2D eigenvalue weighted by Gasteiger charge is -2.39. The summed E-state index contributed by atoms with van der Waals surface area (Å²) in [4.78, 5) is 14.3. The molecule has 1 aliphatic rings. The molecule has 1 amide bonds. The van der Waals surface area contributed by atoms with Crippen LogP contribution in [-0.4, -0.2) is 30.4 Å². The Morgan fingerprint density at radius 1 is 1.47 bits per heavy atom. The van der Waals surface area contributed by atoms with Gasteiger partial charge in [0.15, 0.2) is 0 Å². The molecule has 0 aliphatic heterocycles. The number of nitrogens with two attached hydrogens (primary N) is 1. The summed E-state index contributed by atoms with van der Waals surface area (Å²) in [5.74, 6) is 0.518. The van der Waals surface area contributed by atoms with Gasteiger partial charge in [-0.05, 0) is 31.6 Å². The first-order valence-electron chi connectivity index (χ1n) is 6.85. The first-order valence-corrected chi connectivity index (χ1v) is 6.85. The van der Waals surface area contributed by atoms with Crippen molar-refractivity contribution < 1.29 is 4.79 Å². The van der Waals surface area contributed by atoms with Crippen LogP contribution in [0.25, 0.3) is 0 Å². The van der Waals surface area contributed by atoms with Crippen molar-refractivity contribution >= 4 is 5.91 Å². The third-order valence-electron chi connectivity index (χ3n) is 4.10. The van der Waals surface area contributed by atoms with Gasteiger partial charge in [0.2, 0.25) is 5.91 Å². The summed E-state index contributed by atoms with van der Waals surface area (Å²) in [5, 5.41) is 0. The van der Waals surface area contributed by atoms with Gasteiger partial charge in [0, 0.05) is 25.6 Å². The molecule has 0 heterocycles. The summed E-state index contributed by atoms with van der Waals surface area (Å²) >= 11 is 0. The van der Waals surface area contributed by atoms with E-state index in [0.717, 1.165) is 19.4 Å². The van der Waals surface area contributed by atoms with E-state index in [0.29, 0.717) is 5.91 Å². The molecule has 0 radical (unpaired) electrons. The minimum atomic E-state index is 0.165. The van der Waals surface area contributed by atoms with Crippen LogP contribution in [0, 0.1) is 11.3 Å². The van der Waals surface area contributed by atoms with Gasteiger partial charge in [0.05, 0.1) is 0 Å². The molecule has 3 nitrogen and oxygen atoms in total. The van der Waals surface area contributed by atoms with Gasteiger partial charge in [-0.15, -0.1) is 0 Å². The third-order valence-corrected chi connectivity index (χ3v) is 4.10. The Bertz CT molecular complexity index is 261. The molecular weight excluding hydrogens is 212 g/mol. The highest BCUT2D eigenvalue weighted by molar-refractivity contribution is 5.79. The van der Waals surface area contributed by atoms with E-state index in [1.807, 2.05) is 18.9 Å². The van der Waals surface area contributed by atoms with Crippen molar-refractivity contribution in [2.24, 2.45) is 17.1 Å². The average molecular weight is 240 g/mol. The molecule has 0 saturated heterocycles. The number of rotatable bonds is 4. The van der Waals surface area contributed by atoms with Gasteiger partial charge >= 0.3 is 0 Å². The Morgan fingerprint density at radius 3 is 2.65 bits per heavy atom. The quantitative estimate of drug-likeness (QED) is 0.820. The van der Waals surface area contributed by atoms with E-state index in [4.69, 9.17) is 5.73 Å². The van der Waals surface area contributed by atoms with Crippen molar-refractivity contribution in [1.29, 1.82) is 0 Å². The fourth-order valence-corrected chi connectivity index (χ4v) is 2.73. The van der Waals surface area contributed by atoms with Gasteiger partial charge in [0.25, 0.3) is 0 Å². The Kier molecular flexibility index (Phi) is 4.99. The van der Waals surface area contributed by atoms with Crippen molar-refractivity contribution in [3.8, 4) is 0 Å².